The van der Waals surface area contributed by atoms with E-state index in [2.05, 4.69) is 29.1 Å². The lowest BCUT2D eigenvalue weighted by Crippen LogP contribution is -2.22. The van der Waals surface area contributed by atoms with E-state index in [4.69, 9.17) is 0 Å². The molecule has 0 fully saturated rings. The fourth-order valence-electron chi connectivity index (χ4n) is 1.84. The van der Waals surface area contributed by atoms with E-state index in [9.17, 15) is 4.79 Å². The summed E-state index contributed by atoms with van der Waals surface area (Å²) in [6.45, 7) is 8.13. The molecule has 2 heterocycles. The van der Waals surface area contributed by atoms with Crippen LogP contribution >= 0.6 is 0 Å². The zero-order valence-electron chi connectivity index (χ0n) is 11.8. The van der Waals surface area contributed by atoms with Crippen molar-refractivity contribution in [3.05, 3.63) is 28.8 Å². The highest BCUT2D eigenvalue weighted by atomic mass is 16.1. The van der Waals surface area contributed by atoms with Crippen molar-refractivity contribution < 1.29 is 0 Å². The number of fused-ring (bicyclic) bond motifs is 1. The minimum Gasteiger partial charge on any atom is -0.352 e. The maximum atomic E-state index is 12.2. The van der Waals surface area contributed by atoms with Crippen molar-refractivity contribution in [2.45, 2.75) is 46.2 Å². The molecule has 0 aliphatic carbocycles. The Morgan fingerprint density at radius 3 is 2.74 bits per heavy atom. The van der Waals surface area contributed by atoms with Gasteiger partial charge in [0.1, 0.15) is 0 Å². The number of hydrogen-bond donors (Lipinski definition) is 1. The third-order valence-corrected chi connectivity index (χ3v) is 3.22. The molecule has 0 aromatic carbocycles. The van der Waals surface area contributed by atoms with Crippen molar-refractivity contribution in [1.29, 1.82) is 0 Å². The highest BCUT2D eigenvalue weighted by Gasteiger charge is 2.08. The van der Waals surface area contributed by atoms with Crippen LogP contribution in [0.2, 0.25) is 0 Å². The molecule has 1 unspecified atom stereocenters. The number of hydrogen-bond acceptors (Lipinski definition) is 4. The summed E-state index contributed by atoms with van der Waals surface area (Å²) in [5, 5.41) is 3.77. The molecule has 19 heavy (non-hydrogen) atoms. The second-order valence-corrected chi connectivity index (χ2v) is 5.07. The first-order valence-corrected chi connectivity index (χ1v) is 6.67. The van der Waals surface area contributed by atoms with Gasteiger partial charge in [-0.3, -0.25) is 4.79 Å². The quantitative estimate of drug-likeness (QED) is 0.918. The van der Waals surface area contributed by atoms with Crippen LogP contribution in [0.5, 0.6) is 0 Å². The van der Waals surface area contributed by atoms with Gasteiger partial charge >= 0.3 is 0 Å². The van der Waals surface area contributed by atoms with Gasteiger partial charge in [0.05, 0.1) is 10.9 Å². The Hall–Kier alpha value is -1.91. The van der Waals surface area contributed by atoms with E-state index >= 15 is 0 Å². The van der Waals surface area contributed by atoms with Gasteiger partial charge in [-0.15, -0.1) is 0 Å². The molecule has 102 valence electrons. The summed E-state index contributed by atoms with van der Waals surface area (Å²) in [5.74, 6) is 0.573. The number of nitrogens with one attached hydrogen (secondary N) is 1. The molecule has 0 saturated heterocycles. The summed E-state index contributed by atoms with van der Waals surface area (Å²) in [7, 11) is 0. The van der Waals surface area contributed by atoms with Crippen LogP contribution in [0.25, 0.3) is 10.9 Å². The Morgan fingerprint density at radius 1 is 1.37 bits per heavy atom. The van der Waals surface area contributed by atoms with Crippen LogP contribution in [0.4, 0.5) is 5.95 Å². The highest BCUT2D eigenvalue weighted by molar-refractivity contribution is 5.77. The minimum atomic E-state index is -0.0393. The first-order chi connectivity index (χ1) is 9.02. The standard InChI is InChI=1S/C14H20N4O/c1-5-10(4)16-14-15-8-11-12(17-14)6-7-18(9(2)3)13(11)19/h6-10H,5H2,1-4H3,(H,15,16,17). The summed E-state index contributed by atoms with van der Waals surface area (Å²) >= 11 is 0. The van der Waals surface area contributed by atoms with Crippen LogP contribution in [0.1, 0.15) is 40.2 Å². The zero-order chi connectivity index (χ0) is 14.0. The molecule has 5 heteroatoms. The third-order valence-electron chi connectivity index (χ3n) is 3.22. The molecule has 0 aliphatic heterocycles. The lowest BCUT2D eigenvalue weighted by Gasteiger charge is -2.13. The molecule has 0 bridgehead atoms. The first kappa shape index (κ1) is 13.5. The lowest BCUT2D eigenvalue weighted by molar-refractivity contribution is 0.582. The Labute approximate surface area is 112 Å². The summed E-state index contributed by atoms with van der Waals surface area (Å²) in [6.07, 6.45) is 4.39. The summed E-state index contributed by atoms with van der Waals surface area (Å²) in [6, 6.07) is 2.31. The van der Waals surface area contributed by atoms with Crippen LogP contribution in [0.15, 0.2) is 23.3 Å². The van der Waals surface area contributed by atoms with E-state index in [1.54, 1.807) is 17.0 Å². The van der Waals surface area contributed by atoms with Gasteiger partial charge in [0.15, 0.2) is 0 Å². The van der Waals surface area contributed by atoms with E-state index in [0.717, 1.165) is 6.42 Å². The Bertz CT molecular complexity index is 633. The number of pyridine rings is 1. The second kappa shape index (κ2) is 5.38. The van der Waals surface area contributed by atoms with Crippen molar-refractivity contribution in [1.82, 2.24) is 14.5 Å². The van der Waals surface area contributed by atoms with E-state index < -0.39 is 0 Å². The largest absolute Gasteiger partial charge is 0.352 e. The van der Waals surface area contributed by atoms with E-state index in [-0.39, 0.29) is 11.6 Å². The molecule has 1 N–H and O–H groups in total. The van der Waals surface area contributed by atoms with Crippen molar-refractivity contribution in [3.63, 3.8) is 0 Å². The molecule has 0 spiro atoms. The van der Waals surface area contributed by atoms with Gasteiger partial charge in [0.25, 0.3) is 5.56 Å². The summed E-state index contributed by atoms with van der Waals surface area (Å²) < 4.78 is 1.69. The van der Waals surface area contributed by atoms with Crippen molar-refractivity contribution >= 4 is 16.9 Å². The fourth-order valence-corrected chi connectivity index (χ4v) is 1.84. The molecule has 2 aromatic heterocycles. The summed E-state index contributed by atoms with van der Waals surface area (Å²) in [5.41, 5.74) is 0.644. The highest BCUT2D eigenvalue weighted by Crippen LogP contribution is 2.11. The molecule has 0 amide bonds. The summed E-state index contributed by atoms with van der Waals surface area (Å²) in [4.78, 5) is 20.8. The third kappa shape index (κ3) is 2.75. The fraction of sp³-hybridized carbons (Fsp3) is 0.500. The molecule has 2 rings (SSSR count). The number of anilines is 1. The van der Waals surface area contributed by atoms with E-state index in [0.29, 0.717) is 22.9 Å². The van der Waals surface area contributed by atoms with Gasteiger partial charge in [0.2, 0.25) is 5.95 Å². The number of rotatable bonds is 4. The second-order valence-electron chi connectivity index (χ2n) is 5.07. The molecular formula is C14H20N4O. The van der Waals surface area contributed by atoms with Crippen molar-refractivity contribution in [3.8, 4) is 0 Å². The topological polar surface area (TPSA) is 59.8 Å². The lowest BCUT2D eigenvalue weighted by atomic mass is 10.2. The van der Waals surface area contributed by atoms with Gasteiger partial charge in [-0.2, -0.15) is 0 Å². The van der Waals surface area contributed by atoms with Gasteiger partial charge in [-0.1, -0.05) is 6.92 Å². The molecule has 0 radical (unpaired) electrons. The van der Waals surface area contributed by atoms with Gasteiger partial charge < -0.3 is 9.88 Å². The molecule has 0 saturated carbocycles. The van der Waals surface area contributed by atoms with Crippen LogP contribution < -0.4 is 10.9 Å². The van der Waals surface area contributed by atoms with Gasteiger partial charge in [-0.25, -0.2) is 9.97 Å². The normalized spacial score (nSPS) is 12.9. The predicted octanol–water partition coefficient (Wildman–Crippen LogP) is 2.58. The van der Waals surface area contributed by atoms with Gasteiger partial charge in [0, 0.05) is 24.5 Å². The Kier molecular flexibility index (Phi) is 3.83. The number of nitrogens with zero attached hydrogens (tertiary/aromatic N) is 3. The maximum Gasteiger partial charge on any atom is 0.261 e. The smallest absolute Gasteiger partial charge is 0.261 e. The molecule has 5 nitrogen and oxygen atoms in total. The Morgan fingerprint density at radius 2 is 2.11 bits per heavy atom. The van der Waals surface area contributed by atoms with Crippen molar-refractivity contribution in [2.24, 2.45) is 0 Å². The van der Waals surface area contributed by atoms with E-state index in [1.165, 1.54) is 0 Å². The van der Waals surface area contributed by atoms with Crippen LogP contribution in [0.3, 0.4) is 0 Å². The predicted molar refractivity (Wildman–Crippen MR) is 77.6 cm³/mol. The molecular weight excluding hydrogens is 240 g/mol. The minimum absolute atomic E-state index is 0.0393. The average Bonchev–Trinajstić information content (AvgIpc) is 2.38. The van der Waals surface area contributed by atoms with Crippen LogP contribution in [-0.2, 0) is 0 Å². The van der Waals surface area contributed by atoms with Crippen molar-refractivity contribution in [2.75, 3.05) is 5.32 Å². The molecule has 1 atom stereocenters. The zero-order valence-corrected chi connectivity index (χ0v) is 11.8. The molecule has 0 aliphatic rings. The molecule has 2 aromatic rings. The van der Waals surface area contributed by atoms with Gasteiger partial charge in [-0.05, 0) is 33.3 Å². The van der Waals surface area contributed by atoms with Crippen LogP contribution in [-0.4, -0.2) is 20.6 Å². The Balaban J connectivity index is 2.46. The van der Waals surface area contributed by atoms with Crippen LogP contribution in [0, 0.1) is 0 Å². The SMILES string of the molecule is CCC(C)Nc1ncc2c(=O)n(C(C)C)ccc2n1. The monoisotopic (exact) mass is 260 g/mol. The first-order valence-electron chi connectivity index (χ1n) is 6.67. The maximum absolute atomic E-state index is 12.2. The average molecular weight is 260 g/mol. The number of aromatic nitrogens is 3. The van der Waals surface area contributed by atoms with E-state index in [1.807, 2.05) is 19.9 Å².